The number of carbonyl (C=O) groups excluding carboxylic acids is 2. The van der Waals surface area contributed by atoms with Gasteiger partial charge >= 0.3 is 0 Å². The van der Waals surface area contributed by atoms with E-state index in [0.717, 1.165) is 11.4 Å². The van der Waals surface area contributed by atoms with Gasteiger partial charge in [0.25, 0.3) is 0 Å². The van der Waals surface area contributed by atoms with E-state index in [9.17, 15) is 9.59 Å². The van der Waals surface area contributed by atoms with Crippen LogP contribution < -0.4 is 16.0 Å². The second-order valence-electron chi connectivity index (χ2n) is 3.51. The molecule has 0 aliphatic carbocycles. The van der Waals surface area contributed by atoms with Crippen molar-refractivity contribution in [3.05, 3.63) is 24.3 Å². The molecule has 0 heterocycles. The van der Waals surface area contributed by atoms with Gasteiger partial charge in [-0.3, -0.25) is 9.59 Å². The minimum Gasteiger partial charge on any atom is -0.376 e. The maximum Gasteiger partial charge on any atom is 0.239 e. The van der Waals surface area contributed by atoms with Crippen LogP contribution in [0.1, 0.15) is 13.3 Å². The monoisotopic (exact) mass is 235 g/mol. The lowest BCUT2D eigenvalue weighted by Crippen LogP contribution is -2.26. The van der Waals surface area contributed by atoms with Gasteiger partial charge in [-0.05, 0) is 18.2 Å². The predicted octanol–water partition coefficient (Wildman–Crippen LogP) is 1.19. The average molecular weight is 235 g/mol. The van der Waals surface area contributed by atoms with Gasteiger partial charge in [0, 0.05) is 24.8 Å². The van der Waals surface area contributed by atoms with Crippen LogP contribution in [-0.4, -0.2) is 25.4 Å². The SMILES string of the molecule is CCC(=O)Nc1cccc(NCC(=O)NC)c1. The van der Waals surface area contributed by atoms with E-state index in [2.05, 4.69) is 16.0 Å². The smallest absolute Gasteiger partial charge is 0.239 e. The molecule has 5 heteroatoms. The lowest BCUT2D eigenvalue weighted by Gasteiger charge is -2.08. The molecule has 1 aromatic rings. The van der Waals surface area contributed by atoms with Crippen molar-refractivity contribution < 1.29 is 9.59 Å². The second-order valence-corrected chi connectivity index (χ2v) is 3.51. The number of hydrogen-bond donors (Lipinski definition) is 3. The molecule has 2 amide bonds. The number of likely N-dealkylation sites (N-methyl/N-ethyl adjacent to an activating group) is 1. The number of benzene rings is 1. The molecule has 0 bridgehead atoms. The minimum atomic E-state index is -0.0898. The molecule has 0 saturated heterocycles. The van der Waals surface area contributed by atoms with E-state index in [-0.39, 0.29) is 18.4 Å². The number of nitrogens with one attached hydrogen (secondary N) is 3. The van der Waals surface area contributed by atoms with Gasteiger partial charge in [0.2, 0.25) is 11.8 Å². The Kier molecular flexibility index (Phi) is 5.00. The molecule has 1 aromatic carbocycles. The summed E-state index contributed by atoms with van der Waals surface area (Å²) in [5.74, 6) is -0.124. The first-order valence-electron chi connectivity index (χ1n) is 5.50. The topological polar surface area (TPSA) is 70.2 Å². The molecular formula is C12H17N3O2. The summed E-state index contributed by atoms with van der Waals surface area (Å²) in [4.78, 5) is 22.3. The molecule has 0 atom stereocenters. The summed E-state index contributed by atoms with van der Waals surface area (Å²) in [6, 6.07) is 7.25. The summed E-state index contributed by atoms with van der Waals surface area (Å²) < 4.78 is 0. The largest absolute Gasteiger partial charge is 0.376 e. The molecule has 17 heavy (non-hydrogen) atoms. The molecule has 0 aliphatic rings. The molecule has 92 valence electrons. The fraction of sp³-hybridized carbons (Fsp3) is 0.333. The number of rotatable bonds is 5. The molecule has 1 rings (SSSR count). The number of hydrogen-bond acceptors (Lipinski definition) is 3. The van der Waals surface area contributed by atoms with Gasteiger partial charge in [-0.25, -0.2) is 0 Å². The Balaban J connectivity index is 2.59. The van der Waals surface area contributed by atoms with Crippen LogP contribution in [0.5, 0.6) is 0 Å². The Labute approximate surface area is 101 Å². The van der Waals surface area contributed by atoms with E-state index >= 15 is 0 Å². The van der Waals surface area contributed by atoms with E-state index < -0.39 is 0 Å². The summed E-state index contributed by atoms with van der Waals surface area (Å²) in [5.41, 5.74) is 1.52. The molecule has 5 nitrogen and oxygen atoms in total. The van der Waals surface area contributed by atoms with Gasteiger partial charge in [0.15, 0.2) is 0 Å². The van der Waals surface area contributed by atoms with Gasteiger partial charge in [0.05, 0.1) is 6.54 Å². The zero-order valence-electron chi connectivity index (χ0n) is 10.0. The van der Waals surface area contributed by atoms with E-state index in [0.29, 0.717) is 6.42 Å². The summed E-state index contributed by atoms with van der Waals surface area (Å²) in [7, 11) is 1.59. The first-order chi connectivity index (χ1) is 8.15. The van der Waals surface area contributed by atoms with E-state index in [1.807, 2.05) is 12.1 Å². The normalized spacial score (nSPS) is 9.53. The van der Waals surface area contributed by atoms with Crippen LogP contribution in [0.15, 0.2) is 24.3 Å². The fourth-order valence-corrected chi connectivity index (χ4v) is 1.23. The van der Waals surface area contributed by atoms with Gasteiger partial charge < -0.3 is 16.0 Å². The van der Waals surface area contributed by atoms with Crippen molar-refractivity contribution in [3.63, 3.8) is 0 Å². The Morgan fingerprint density at radius 1 is 1.18 bits per heavy atom. The zero-order valence-corrected chi connectivity index (χ0v) is 10.0. The first-order valence-corrected chi connectivity index (χ1v) is 5.50. The molecule has 0 spiro atoms. The van der Waals surface area contributed by atoms with Crippen molar-refractivity contribution in [2.75, 3.05) is 24.2 Å². The first kappa shape index (κ1) is 13.0. The molecule has 0 unspecified atom stereocenters. The predicted molar refractivity (Wildman–Crippen MR) is 67.9 cm³/mol. The van der Waals surface area contributed by atoms with Gasteiger partial charge in [-0.15, -0.1) is 0 Å². The van der Waals surface area contributed by atoms with Crippen LogP contribution in [0.25, 0.3) is 0 Å². The van der Waals surface area contributed by atoms with Crippen LogP contribution in [-0.2, 0) is 9.59 Å². The van der Waals surface area contributed by atoms with Crippen LogP contribution in [0.4, 0.5) is 11.4 Å². The molecule has 3 N–H and O–H groups in total. The third-order valence-electron chi connectivity index (χ3n) is 2.20. The lowest BCUT2D eigenvalue weighted by molar-refractivity contribution is -0.119. The Morgan fingerprint density at radius 3 is 2.53 bits per heavy atom. The third-order valence-corrected chi connectivity index (χ3v) is 2.20. The second kappa shape index (κ2) is 6.52. The maximum absolute atomic E-state index is 11.2. The zero-order chi connectivity index (χ0) is 12.7. The third kappa shape index (κ3) is 4.55. The summed E-state index contributed by atoms with van der Waals surface area (Å²) in [6.45, 7) is 2.00. The molecule has 0 fully saturated rings. The summed E-state index contributed by atoms with van der Waals surface area (Å²) in [6.07, 6.45) is 0.440. The lowest BCUT2D eigenvalue weighted by atomic mass is 10.2. The van der Waals surface area contributed by atoms with E-state index in [1.165, 1.54) is 0 Å². The highest BCUT2D eigenvalue weighted by Gasteiger charge is 2.01. The highest BCUT2D eigenvalue weighted by atomic mass is 16.2. The number of carbonyl (C=O) groups is 2. The molecular weight excluding hydrogens is 218 g/mol. The average Bonchev–Trinajstić information content (AvgIpc) is 2.36. The van der Waals surface area contributed by atoms with Gasteiger partial charge in [-0.2, -0.15) is 0 Å². The standard InChI is InChI=1S/C12H17N3O2/c1-3-11(16)15-10-6-4-5-9(7-10)14-8-12(17)13-2/h4-7,14H,3,8H2,1-2H3,(H,13,17)(H,15,16). The van der Waals surface area contributed by atoms with Crippen LogP contribution >= 0.6 is 0 Å². The van der Waals surface area contributed by atoms with Crippen molar-refractivity contribution in [1.82, 2.24) is 5.32 Å². The number of amides is 2. The van der Waals surface area contributed by atoms with E-state index in [4.69, 9.17) is 0 Å². The van der Waals surface area contributed by atoms with Crippen LogP contribution in [0.3, 0.4) is 0 Å². The van der Waals surface area contributed by atoms with Crippen LogP contribution in [0, 0.1) is 0 Å². The summed E-state index contributed by atoms with van der Waals surface area (Å²) >= 11 is 0. The van der Waals surface area contributed by atoms with Crippen LogP contribution in [0.2, 0.25) is 0 Å². The van der Waals surface area contributed by atoms with Crippen molar-refractivity contribution in [3.8, 4) is 0 Å². The van der Waals surface area contributed by atoms with E-state index in [1.54, 1.807) is 26.1 Å². The molecule has 0 aromatic heterocycles. The Bertz CT molecular complexity index is 404. The summed E-state index contributed by atoms with van der Waals surface area (Å²) in [5, 5.41) is 8.24. The Hall–Kier alpha value is -2.04. The quantitative estimate of drug-likeness (QED) is 0.718. The fourth-order valence-electron chi connectivity index (χ4n) is 1.23. The van der Waals surface area contributed by atoms with Crippen molar-refractivity contribution in [2.45, 2.75) is 13.3 Å². The molecule has 0 saturated carbocycles. The van der Waals surface area contributed by atoms with Gasteiger partial charge in [0.1, 0.15) is 0 Å². The molecule has 0 aliphatic heterocycles. The maximum atomic E-state index is 11.2. The highest BCUT2D eigenvalue weighted by molar-refractivity contribution is 5.91. The van der Waals surface area contributed by atoms with Crippen molar-refractivity contribution in [1.29, 1.82) is 0 Å². The Morgan fingerprint density at radius 2 is 1.88 bits per heavy atom. The minimum absolute atomic E-state index is 0.0338. The molecule has 0 radical (unpaired) electrons. The van der Waals surface area contributed by atoms with Crippen molar-refractivity contribution in [2.24, 2.45) is 0 Å². The van der Waals surface area contributed by atoms with Crippen molar-refractivity contribution >= 4 is 23.2 Å². The number of anilines is 2. The van der Waals surface area contributed by atoms with Gasteiger partial charge in [-0.1, -0.05) is 13.0 Å². The highest BCUT2D eigenvalue weighted by Crippen LogP contribution is 2.14.